The van der Waals surface area contributed by atoms with Crippen molar-refractivity contribution in [2.45, 2.75) is 37.7 Å². The first-order chi connectivity index (χ1) is 8.35. The van der Waals surface area contributed by atoms with Crippen LogP contribution in [0.3, 0.4) is 0 Å². The van der Waals surface area contributed by atoms with Gasteiger partial charge in [-0.05, 0) is 27.0 Å². The van der Waals surface area contributed by atoms with Crippen LogP contribution in [0.4, 0.5) is 4.79 Å². The predicted octanol–water partition coefficient (Wildman–Crippen LogP) is 1.35. The number of rotatable bonds is 2. The lowest BCUT2D eigenvalue weighted by Crippen LogP contribution is -2.42. The van der Waals surface area contributed by atoms with E-state index in [0.29, 0.717) is 19.7 Å². The summed E-state index contributed by atoms with van der Waals surface area (Å²) < 4.78 is 10.9. The molecule has 1 saturated heterocycles. The zero-order valence-electron chi connectivity index (χ0n) is 11.5. The summed E-state index contributed by atoms with van der Waals surface area (Å²) in [6, 6.07) is 0. The van der Waals surface area contributed by atoms with Gasteiger partial charge < -0.3 is 19.5 Å². The van der Waals surface area contributed by atoms with E-state index in [2.05, 4.69) is 0 Å². The number of aliphatic hydroxyl groups is 1. The van der Waals surface area contributed by atoms with Gasteiger partial charge >= 0.3 is 6.09 Å². The predicted molar refractivity (Wildman–Crippen MR) is 71.9 cm³/mol. The Morgan fingerprint density at radius 2 is 2.17 bits per heavy atom. The summed E-state index contributed by atoms with van der Waals surface area (Å²) >= 11 is 1.65. The summed E-state index contributed by atoms with van der Waals surface area (Å²) in [6.45, 7) is 6.96. The quantitative estimate of drug-likeness (QED) is 0.825. The first-order valence-corrected chi connectivity index (χ1v) is 7.37. The molecule has 0 aromatic carbocycles. The Balaban J connectivity index is 2.67. The van der Waals surface area contributed by atoms with Crippen molar-refractivity contribution < 1.29 is 19.4 Å². The third-order valence-corrected chi connectivity index (χ3v) is 3.51. The van der Waals surface area contributed by atoms with Crippen molar-refractivity contribution in [2.24, 2.45) is 0 Å². The standard InChI is InChI=1S/C12H23NO4S/c1-12(2,3)17-11(15)13-5-9(7-14)16-8-10(6-13)18-4/h9-10,14H,5-8H2,1-4H3/t9-,10?/m0/s1. The molecule has 1 heterocycles. The first-order valence-electron chi connectivity index (χ1n) is 6.09. The van der Waals surface area contributed by atoms with Gasteiger partial charge in [0.1, 0.15) is 5.60 Å². The summed E-state index contributed by atoms with van der Waals surface area (Å²) in [5.41, 5.74) is -0.506. The summed E-state index contributed by atoms with van der Waals surface area (Å²) in [6.07, 6.45) is 1.32. The number of hydrogen-bond acceptors (Lipinski definition) is 5. The van der Waals surface area contributed by atoms with Gasteiger partial charge in [-0.25, -0.2) is 4.79 Å². The molecular weight excluding hydrogens is 254 g/mol. The monoisotopic (exact) mass is 277 g/mol. The Kier molecular flexibility index (Phi) is 5.75. The highest BCUT2D eigenvalue weighted by atomic mass is 32.2. The molecule has 1 aliphatic rings. The number of aliphatic hydroxyl groups excluding tert-OH is 1. The van der Waals surface area contributed by atoms with E-state index < -0.39 is 5.60 Å². The van der Waals surface area contributed by atoms with Crippen molar-refractivity contribution in [2.75, 3.05) is 32.6 Å². The average Bonchev–Trinajstić information content (AvgIpc) is 2.48. The largest absolute Gasteiger partial charge is 0.444 e. The van der Waals surface area contributed by atoms with Gasteiger partial charge in [0, 0.05) is 11.8 Å². The van der Waals surface area contributed by atoms with Crippen LogP contribution in [0.5, 0.6) is 0 Å². The van der Waals surface area contributed by atoms with Crippen LogP contribution in [0.25, 0.3) is 0 Å². The molecule has 18 heavy (non-hydrogen) atoms. The molecule has 0 bridgehead atoms. The molecular formula is C12H23NO4S. The second-order valence-electron chi connectivity index (χ2n) is 5.38. The molecule has 0 aromatic rings. The normalized spacial score (nSPS) is 25.7. The van der Waals surface area contributed by atoms with E-state index in [4.69, 9.17) is 9.47 Å². The second kappa shape index (κ2) is 6.63. The highest BCUT2D eigenvalue weighted by molar-refractivity contribution is 7.99. The Hall–Kier alpha value is -0.460. The van der Waals surface area contributed by atoms with Gasteiger partial charge in [0.15, 0.2) is 0 Å². The molecule has 0 saturated carbocycles. The van der Waals surface area contributed by atoms with Crippen molar-refractivity contribution in [3.05, 3.63) is 0 Å². The molecule has 1 N–H and O–H groups in total. The number of nitrogens with zero attached hydrogens (tertiary/aromatic N) is 1. The fraction of sp³-hybridized carbons (Fsp3) is 0.917. The summed E-state index contributed by atoms with van der Waals surface area (Å²) in [5, 5.41) is 9.41. The van der Waals surface area contributed by atoms with Crippen molar-refractivity contribution in [3.63, 3.8) is 0 Å². The minimum Gasteiger partial charge on any atom is -0.444 e. The molecule has 6 heteroatoms. The maximum absolute atomic E-state index is 12.0. The van der Waals surface area contributed by atoms with Crippen LogP contribution in [0.15, 0.2) is 0 Å². The van der Waals surface area contributed by atoms with E-state index >= 15 is 0 Å². The SMILES string of the molecule is CSC1CO[C@H](CO)CN(C(=O)OC(C)(C)C)C1. The van der Waals surface area contributed by atoms with Gasteiger partial charge in [0.25, 0.3) is 0 Å². The van der Waals surface area contributed by atoms with Gasteiger partial charge in [-0.15, -0.1) is 0 Å². The fourth-order valence-electron chi connectivity index (χ4n) is 1.64. The van der Waals surface area contributed by atoms with Crippen LogP contribution < -0.4 is 0 Å². The number of hydrogen-bond donors (Lipinski definition) is 1. The molecule has 1 aliphatic heterocycles. The fourth-order valence-corrected chi connectivity index (χ4v) is 2.19. The zero-order valence-corrected chi connectivity index (χ0v) is 12.3. The molecule has 2 atom stereocenters. The Labute approximate surface area is 113 Å². The maximum Gasteiger partial charge on any atom is 0.410 e. The Morgan fingerprint density at radius 3 is 2.67 bits per heavy atom. The molecule has 1 unspecified atom stereocenters. The molecule has 0 spiro atoms. The maximum atomic E-state index is 12.0. The van der Waals surface area contributed by atoms with E-state index in [9.17, 15) is 9.90 Å². The molecule has 1 amide bonds. The van der Waals surface area contributed by atoms with Gasteiger partial charge in [-0.1, -0.05) is 0 Å². The average molecular weight is 277 g/mol. The van der Waals surface area contributed by atoms with E-state index in [1.807, 2.05) is 27.0 Å². The van der Waals surface area contributed by atoms with Crippen molar-refractivity contribution in [1.29, 1.82) is 0 Å². The topological polar surface area (TPSA) is 59.0 Å². The van der Waals surface area contributed by atoms with Gasteiger partial charge in [-0.3, -0.25) is 0 Å². The number of carbonyl (C=O) groups excluding carboxylic acids is 1. The number of amides is 1. The lowest BCUT2D eigenvalue weighted by atomic mass is 10.2. The Morgan fingerprint density at radius 1 is 1.50 bits per heavy atom. The van der Waals surface area contributed by atoms with Gasteiger partial charge in [-0.2, -0.15) is 11.8 Å². The minimum absolute atomic E-state index is 0.0829. The third-order valence-electron chi connectivity index (χ3n) is 2.55. The Bertz CT molecular complexity index is 266. The lowest BCUT2D eigenvalue weighted by Gasteiger charge is -2.28. The second-order valence-corrected chi connectivity index (χ2v) is 6.52. The van der Waals surface area contributed by atoms with E-state index in [0.717, 1.165) is 0 Å². The van der Waals surface area contributed by atoms with Gasteiger partial charge in [0.2, 0.25) is 0 Å². The third kappa shape index (κ3) is 5.04. The first kappa shape index (κ1) is 15.6. The van der Waals surface area contributed by atoms with E-state index in [-0.39, 0.29) is 24.1 Å². The highest BCUT2D eigenvalue weighted by Gasteiger charge is 2.29. The molecule has 0 aliphatic carbocycles. The van der Waals surface area contributed by atoms with Crippen LogP contribution in [0, 0.1) is 0 Å². The zero-order chi connectivity index (χ0) is 13.8. The molecule has 1 rings (SSSR count). The van der Waals surface area contributed by atoms with Crippen LogP contribution in [0.2, 0.25) is 0 Å². The number of carbonyl (C=O) groups is 1. The van der Waals surface area contributed by atoms with Crippen molar-refractivity contribution in [3.8, 4) is 0 Å². The molecule has 106 valence electrons. The highest BCUT2D eigenvalue weighted by Crippen LogP contribution is 2.18. The number of ether oxygens (including phenoxy) is 2. The molecule has 0 radical (unpaired) electrons. The van der Waals surface area contributed by atoms with Crippen molar-refractivity contribution in [1.82, 2.24) is 4.90 Å². The van der Waals surface area contributed by atoms with Crippen molar-refractivity contribution >= 4 is 17.9 Å². The smallest absolute Gasteiger partial charge is 0.410 e. The van der Waals surface area contributed by atoms with E-state index in [1.54, 1.807) is 16.7 Å². The van der Waals surface area contributed by atoms with Crippen LogP contribution >= 0.6 is 11.8 Å². The van der Waals surface area contributed by atoms with E-state index in [1.165, 1.54) is 0 Å². The molecule has 0 aromatic heterocycles. The van der Waals surface area contributed by atoms with Crippen LogP contribution in [-0.2, 0) is 9.47 Å². The van der Waals surface area contributed by atoms with Crippen LogP contribution in [-0.4, -0.2) is 65.6 Å². The number of thioether (sulfide) groups is 1. The molecule has 5 nitrogen and oxygen atoms in total. The van der Waals surface area contributed by atoms with Crippen LogP contribution in [0.1, 0.15) is 20.8 Å². The summed E-state index contributed by atoms with van der Waals surface area (Å²) in [4.78, 5) is 13.7. The van der Waals surface area contributed by atoms with Gasteiger partial charge in [0.05, 0.1) is 25.9 Å². The minimum atomic E-state index is -0.506. The summed E-state index contributed by atoms with van der Waals surface area (Å²) in [5.74, 6) is 0. The molecule has 1 fully saturated rings. The lowest BCUT2D eigenvalue weighted by molar-refractivity contribution is -0.000781. The summed E-state index contributed by atoms with van der Waals surface area (Å²) in [7, 11) is 0.